The zero-order chi connectivity index (χ0) is 17.6. The summed E-state index contributed by atoms with van der Waals surface area (Å²) in [6.07, 6.45) is 2.23. The van der Waals surface area contributed by atoms with E-state index in [-0.39, 0.29) is 12.1 Å². The number of nitrogens with zero attached hydrogens (tertiary/aromatic N) is 3. The highest BCUT2D eigenvalue weighted by Crippen LogP contribution is 2.21. The van der Waals surface area contributed by atoms with Gasteiger partial charge in [0.1, 0.15) is 5.60 Å². The molecule has 0 radical (unpaired) electrons. The van der Waals surface area contributed by atoms with Crippen LogP contribution in [-0.2, 0) is 9.47 Å². The van der Waals surface area contributed by atoms with Crippen molar-refractivity contribution >= 4 is 17.6 Å². The average molecular weight is 337 g/mol. The average Bonchev–Trinajstić information content (AvgIpc) is 2.94. The number of carbonyl (C=O) groups is 1. The molecule has 0 spiro atoms. The van der Waals surface area contributed by atoms with E-state index < -0.39 is 5.60 Å². The summed E-state index contributed by atoms with van der Waals surface area (Å²) in [5.41, 5.74) is 0.499. The zero-order valence-electron chi connectivity index (χ0n) is 14.8. The van der Waals surface area contributed by atoms with Crippen LogP contribution in [0.15, 0.2) is 12.3 Å². The van der Waals surface area contributed by atoms with Crippen LogP contribution in [0.25, 0.3) is 0 Å². The number of ether oxygens (including phenoxy) is 2. The predicted octanol–water partition coefficient (Wildman–Crippen LogP) is 1.64. The number of nitrogens with one attached hydrogen (secondary N) is 2. The lowest BCUT2D eigenvalue weighted by molar-refractivity contribution is 0.0509. The molecule has 134 valence electrons. The number of carbonyl (C=O) groups excluding carboxylic acids is 1. The fourth-order valence-electron chi connectivity index (χ4n) is 2.48. The Labute approximate surface area is 142 Å². The monoisotopic (exact) mass is 337 g/mol. The fourth-order valence-corrected chi connectivity index (χ4v) is 2.48. The number of amides is 1. The summed E-state index contributed by atoms with van der Waals surface area (Å²) in [5, 5.41) is 14.2. The van der Waals surface area contributed by atoms with Crippen molar-refractivity contribution in [2.24, 2.45) is 0 Å². The first-order chi connectivity index (χ1) is 11.4. The number of rotatable bonds is 6. The molecule has 1 fully saturated rings. The van der Waals surface area contributed by atoms with E-state index in [2.05, 4.69) is 25.7 Å². The maximum atomic E-state index is 11.9. The normalized spacial score (nSPS) is 17.7. The van der Waals surface area contributed by atoms with Crippen molar-refractivity contribution in [2.45, 2.75) is 38.8 Å². The van der Waals surface area contributed by atoms with E-state index in [1.54, 1.807) is 13.3 Å². The lowest BCUT2D eigenvalue weighted by Gasteiger charge is -2.22. The maximum absolute atomic E-state index is 11.9. The quantitative estimate of drug-likeness (QED) is 0.763. The van der Waals surface area contributed by atoms with E-state index in [1.165, 1.54) is 0 Å². The second kappa shape index (κ2) is 8.14. The Hall–Kier alpha value is -2.09. The van der Waals surface area contributed by atoms with E-state index in [1.807, 2.05) is 26.8 Å². The molecule has 0 saturated carbocycles. The number of hydrogen-bond donors (Lipinski definition) is 2. The minimum absolute atomic E-state index is 0.0675. The Kier molecular flexibility index (Phi) is 6.19. The summed E-state index contributed by atoms with van der Waals surface area (Å²) >= 11 is 0. The highest BCUT2D eigenvalue weighted by Gasteiger charge is 2.26. The number of aromatic nitrogens is 2. The first-order valence-corrected chi connectivity index (χ1v) is 8.17. The summed E-state index contributed by atoms with van der Waals surface area (Å²) < 4.78 is 10.3. The second-order valence-electron chi connectivity index (χ2n) is 6.80. The number of anilines is 2. The van der Waals surface area contributed by atoms with Gasteiger partial charge in [0.15, 0.2) is 5.82 Å². The summed E-state index contributed by atoms with van der Waals surface area (Å²) in [5.74, 6) is 0.716. The van der Waals surface area contributed by atoms with Crippen LogP contribution in [0.4, 0.5) is 16.3 Å². The molecule has 24 heavy (non-hydrogen) atoms. The van der Waals surface area contributed by atoms with Crippen molar-refractivity contribution in [3.63, 3.8) is 0 Å². The van der Waals surface area contributed by atoms with Gasteiger partial charge in [-0.3, -0.25) is 0 Å². The molecule has 8 heteroatoms. The third-order valence-corrected chi connectivity index (χ3v) is 3.53. The molecule has 1 aliphatic rings. The molecule has 2 N–H and O–H groups in total. The van der Waals surface area contributed by atoms with Crippen LogP contribution in [0.2, 0.25) is 0 Å². The van der Waals surface area contributed by atoms with Crippen LogP contribution in [0.1, 0.15) is 27.2 Å². The first-order valence-electron chi connectivity index (χ1n) is 8.17. The standard InChI is InChI=1S/C16H27N5O3/c1-16(2,3)24-15(22)19-12-5-7-21(11-12)13-9-14(20-18-10-13)17-6-8-23-4/h9-10,12H,5-8,11H2,1-4H3,(H,17,20)(H,19,22)/t12-/m1/s1. The third kappa shape index (κ3) is 5.84. The maximum Gasteiger partial charge on any atom is 0.407 e. The highest BCUT2D eigenvalue weighted by molar-refractivity contribution is 5.68. The molecule has 1 aromatic heterocycles. The van der Waals surface area contributed by atoms with Crippen molar-refractivity contribution in [3.8, 4) is 0 Å². The molecule has 0 bridgehead atoms. The van der Waals surface area contributed by atoms with Crippen LogP contribution in [-0.4, -0.2) is 61.3 Å². The molecule has 8 nitrogen and oxygen atoms in total. The van der Waals surface area contributed by atoms with Gasteiger partial charge in [0.2, 0.25) is 0 Å². The molecular formula is C16H27N5O3. The van der Waals surface area contributed by atoms with E-state index >= 15 is 0 Å². The Bertz CT molecular complexity index is 547. The zero-order valence-corrected chi connectivity index (χ0v) is 14.8. The third-order valence-electron chi connectivity index (χ3n) is 3.53. The molecule has 1 aliphatic heterocycles. The van der Waals surface area contributed by atoms with Gasteiger partial charge in [-0.2, -0.15) is 5.10 Å². The molecular weight excluding hydrogens is 310 g/mol. The highest BCUT2D eigenvalue weighted by atomic mass is 16.6. The van der Waals surface area contributed by atoms with Crippen LogP contribution in [0.5, 0.6) is 0 Å². The van der Waals surface area contributed by atoms with Crippen molar-refractivity contribution < 1.29 is 14.3 Å². The van der Waals surface area contributed by atoms with Gasteiger partial charge in [-0.05, 0) is 27.2 Å². The lowest BCUT2D eigenvalue weighted by Crippen LogP contribution is -2.40. The Morgan fingerprint density at radius 2 is 2.25 bits per heavy atom. The minimum Gasteiger partial charge on any atom is -0.444 e. The summed E-state index contributed by atoms with van der Waals surface area (Å²) in [6.45, 7) is 8.43. The van der Waals surface area contributed by atoms with E-state index in [0.717, 1.165) is 25.2 Å². The van der Waals surface area contributed by atoms with Crippen molar-refractivity contribution in [1.29, 1.82) is 0 Å². The smallest absolute Gasteiger partial charge is 0.407 e. The van der Waals surface area contributed by atoms with Crippen LogP contribution in [0.3, 0.4) is 0 Å². The molecule has 2 heterocycles. The summed E-state index contributed by atoms with van der Waals surface area (Å²) in [6, 6.07) is 2.02. The van der Waals surface area contributed by atoms with Gasteiger partial charge >= 0.3 is 6.09 Å². The number of methoxy groups -OCH3 is 1. The van der Waals surface area contributed by atoms with E-state index in [4.69, 9.17) is 9.47 Å². The van der Waals surface area contributed by atoms with Crippen molar-refractivity contribution in [1.82, 2.24) is 15.5 Å². The SMILES string of the molecule is COCCNc1cc(N2CC[C@@H](NC(=O)OC(C)(C)C)C2)cnn1. The molecule has 0 unspecified atom stereocenters. The molecule has 0 aromatic carbocycles. The fraction of sp³-hybridized carbons (Fsp3) is 0.688. The Morgan fingerprint density at radius 1 is 1.46 bits per heavy atom. The topological polar surface area (TPSA) is 88.6 Å². The van der Waals surface area contributed by atoms with Gasteiger partial charge in [-0.25, -0.2) is 4.79 Å². The molecule has 1 atom stereocenters. The number of hydrogen-bond acceptors (Lipinski definition) is 7. The molecule has 2 rings (SSSR count). The van der Waals surface area contributed by atoms with E-state index in [9.17, 15) is 4.79 Å². The minimum atomic E-state index is -0.486. The van der Waals surface area contributed by atoms with Crippen LogP contribution >= 0.6 is 0 Å². The van der Waals surface area contributed by atoms with Crippen molar-refractivity contribution in [2.75, 3.05) is 43.6 Å². The predicted molar refractivity (Wildman–Crippen MR) is 92.4 cm³/mol. The van der Waals surface area contributed by atoms with Gasteiger partial charge in [0.05, 0.1) is 24.5 Å². The first kappa shape index (κ1) is 18.3. The lowest BCUT2D eigenvalue weighted by atomic mass is 10.2. The van der Waals surface area contributed by atoms with Gasteiger partial charge < -0.3 is 25.0 Å². The van der Waals surface area contributed by atoms with Crippen LogP contribution in [0, 0.1) is 0 Å². The van der Waals surface area contributed by atoms with Gasteiger partial charge in [-0.1, -0.05) is 0 Å². The molecule has 1 amide bonds. The summed E-state index contributed by atoms with van der Waals surface area (Å²) in [4.78, 5) is 14.0. The molecule has 1 aromatic rings. The largest absolute Gasteiger partial charge is 0.444 e. The van der Waals surface area contributed by atoms with E-state index in [0.29, 0.717) is 19.0 Å². The second-order valence-corrected chi connectivity index (χ2v) is 6.80. The van der Waals surface area contributed by atoms with Crippen LogP contribution < -0.4 is 15.5 Å². The van der Waals surface area contributed by atoms with Gasteiger partial charge in [-0.15, -0.1) is 5.10 Å². The molecule has 1 saturated heterocycles. The van der Waals surface area contributed by atoms with Gasteiger partial charge in [0.25, 0.3) is 0 Å². The summed E-state index contributed by atoms with van der Waals surface area (Å²) in [7, 11) is 1.66. The van der Waals surface area contributed by atoms with Crippen molar-refractivity contribution in [3.05, 3.63) is 12.3 Å². The Balaban J connectivity index is 1.86. The Morgan fingerprint density at radius 3 is 2.96 bits per heavy atom. The molecule has 0 aliphatic carbocycles. The number of alkyl carbamates (subject to hydrolysis) is 1. The van der Waals surface area contributed by atoms with Gasteiger partial charge in [0, 0.05) is 32.8 Å².